The van der Waals surface area contributed by atoms with Crippen molar-refractivity contribution in [3.8, 4) is 5.75 Å². The van der Waals surface area contributed by atoms with Gasteiger partial charge in [-0.15, -0.1) is 0 Å². The molecule has 6 heteroatoms. The van der Waals surface area contributed by atoms with Crippen molar-refractivity contribution in [2.45, 2.75) is 19.9 Å². The highest BCUT2D eigenvalue weighted by molar-refractivity contribution is 5.90. The monoisotopic (exact) mass is 265 g/mol. The van der Waals surface area contributed by atoms with Crippen LogP contribution < -0.4 is 20.7 Å². The summed E-state index contributed by atoms with van der Waals surface area (Å²) in [6.45, 7) is 3.17. The Morgan fingerprint density at radius 2 is 2.00 bits per heavy atom. The lowest BCUT2D eigenvalue weighted by Gasteiger charge is -2.17. The van der Waals surface area contributed by atoms with Gasteiger partial charge in [-0.1, -0.05) is 0 Å². The van der Waals surface area contributed by atoms with Gasteiger partial charge in [0.1, 0.15) is 11.8 Å². The molecule has 1 atom stereocenters. The van der Waals surface area contributed by atoms with E-state index in [1.807, 2.05) is 0 Å². The summed E-state index contributed by atoms with van der Waals surface area (Å²) in [5.74, 6) is 0.312. The molecular weight excluding hydrogens is 246 g/mol. The van der Waals surface area contributed by atoms with Crippen LogP contribution in [0.3, 0.4) is 0 Å². The molecule has 3 N–H and O–H groups in total. The summed E-state index contributed by atoms with van der Waals surface area (Å²) in [6.07, 6.45) is 0. The first kappa shape index (κ1) is 14.8. The van der Waals surface area contributed by atoms with Crippen molar-refractivity contribution >= 4 is 23.2 Å². The molecule has 0 radical (unpaired) electrons. The smallest absolute Gasteiger partial charge is 0.241 e. The summed E-state index contributed by atoms with van der Waals surface area (Å²) in [7, 11) is 3.12. The molecule has 19 heavy (non-hydrogen) atoms. The molecule has 104 valence electrons. The van der Waals surface area contributed by atoms with Crippen molar-refractivity contribution in [2.75, 3.05) is 24.8 Å². The number of methoxy groups -OCH3 is 1. The fraction of sp³-hybridized carbons (Fsp3) is 0.385. The fourth-order valence-corrected chi connectivity index (χ4v) is 1.62. The number of anilines is 2. The van der Waals surface area contributed by atoms with E-state index in [9.17, 15) is 9.59 Å². The molecule has 0 unspecified atom stereocenters. The van der Waals surface area contributed by atoms with Gasteiger partial charge in [0.15, 0.2) is 0 Å². The molecule has 1 aromatic carbocycles. The Bertz CT molecular complexity index is 474. The first-order chi connectivity index (χ1) is 8.97. The molecule has 1 aromatic rings. The van der Waals surface area contributed by atoms with E-state index in [1.165, 1.54) is 6.92 Å². The number of rotatable bonds is 5. The van der Waals surface area contributed by atoms with E-state index >= 15 is 0 Å². The van der Waals surface area contributed by atoms with E-state index in [0.717, 1.165) is 0 Å². The van der Waals surface area contributed by atoms with E-state index in [-0.39, 0.29) is 11.8 Å². The van der Waals surface area contributed by atoms with Gasteiger partial charge in [-0.2, -0.15) is 0 Å². The Balaban J connectivity index is 2.95. The molecule has 0 heterocycles. The van der Waals surface area contributed by atoms with Crippen molar-refractivity contribution in [1.82, 2.24) is 5.32 Å². The minimum Gasteiger partial charge on any atom is -0.495 e. The van der Waals surface area contributed by atoms with Crippen LogP contribution in [0.2, 0.25) is 0 Å². The number of carbonyl (C=O) groups is 2. The summed E-state index contributed by atoms with van der Waals surface area (Å²) in [6, 6.07) is 4.77. The van der Waals surface area contributed by atoms with Crippen LogP contribution in [0.4, 0.5) is 11.4 Å². The van der Waals surface area contributed by atoms with E-state index in [2.05, 4.69) is 16.0 Å². The molecule has 2 amide bonds. The number of ether oxygens (including phenoxy) is 1. The van der Waals surface area contributed by atoms with Gasteiger partial charge < -0.3 is 20.7 Å². The van der Waals surface area contributed by atoms with Crippen molar-refractivity contribution < 1.29 is 14.3 Å². The lowest BCUT2D eigenvalue weighted by Crippen LogP contribution is -2.35. The van der Waals surface area contributed by atoms with Crippen LogP contribution in [0.25, 0.3) is 0 Å². The SMILES string of the molecule is CNC(=O)[C@@H](C)Nc1cc(NC(C)=O)ccc1OC. The molecule has 0 aromatic heterocycles. The Morgan fingerprint density at radius 1 is 1.32 bits per heavy atom. The number of amides is 2. The number of likely N-dealkylation sites (N-methyl/N-ethyl adjacent to an activating group) is 1. The van der Waals surface area contributed by atoms with Crippen LogP contribution in [0.5, 0.6) is 5.75 Å². The summed E-state index contributed by atoms with van der Waals surface area (Å²) in [5, 5.41) is 8.27. The van der Waals surface area contributed by atoms with Crippen LogP contribution in [0.15, 0.2) is 18.2 Å². The van der Waals surface area contributed by atoms with Crippen LogP contribution in [0.1, 0.15) is 13.8 Å². The minimum atomic E-state index is -0.411. The van der Waals surface area contributed by atoms with E-state index in [1.54, 1.807) is 39.3 Å². The number of hydrogen-bond donors (Lipinski definition) is 3. The first-order valence-electron chi connectivity index (χ1n) is 5.91. The molecule has 0 saturated carbocycles. The van der Waals surface area contributed by atoms with Crippen molar-refractivity contribution in [3.05, 3.63) is 18.2 Å². The van der Waals surface area contributed by atoms with Gasteiger partial charge in [0.2, 0.25) is 11.8 Å². The van der Waals surface area contributed by atoms with E-state index in [0.29, 0.717) is 17.1 Å². The average molecular weight is 265 g/mol. The average Bonchev–Trinajstić information content (AvgIpc) is 2.37. The normalized spacial score (nSPS) is 11.4. The van der Waals surface area contributed by atoms with Crippen molar-refractivity contribution in [2.24, 2.45) is 0 Å². The molecule has 0 saturated heterocycles. The Hall–Kier alpha value is -2.24. The highest BCUT2D eigenvalue weighted by Crippen LogP contribution is 2.28. The van der Waals surface area contributed by atoms with Crippen molar-refractivity contribution in [3.63, 3.8) is 0 Å². The second-order valence-corrected chi connectivity index (χ2v) is 4.08. The topological polar surface area (TPSA) is 79.5 Å². The Morgan fingerprint density at radius 3 is 2.53 bits per heavy atom. The zero-order valence-corrected chi connectivity index (χ0v) is 11.5. The standard InChI is InChI=1S/C13H19N3O3/c1-8(13(18)14-3)15-11-7-10(16-9(2)17)5-6-12(11)19-4/h5-8,15H,1-4H3,(H,14,18)(H,16,17)/t8-/m1/s1. The molecule has 0 fully saturated rings. The van der Waals surface area contributed by atoms with Gasteiger partial charge in [-0.25, -0.2) is 0 Å². The predicted octanol–water partition coefficient (Wildman–Crippen LogP) is 1.20. The zero-order valence-electron chi connectivity index (χ0n) is 11.5. The maximum absolute atomic E-state index is 11.5. The van der Waals surface area contributed by atoms with Gasteiger partial charge in [0.05, 0.1) is 12.8 Å². The number of hydrogen-bond acceptors (Lipinski definition) is 4. The van der Waals surface area contributed by atoms with Crippen LogP contribution in [-0.2, 0) is 9.59 Å². The minimum absolute atomic E-state index is 0.132. The summed E-state index contributed by atoms with van der Waals surface area (Å²) < 4.78 is 5.21. The number of carbonyl (C=O) groups excluding carboxylic acids is 2. The maximum Gasteiger partial charge on any atom is 0.241 e. The first-order valence-corrected chi connectivity index (χ1v) is 5.91. The third-order valence-electron chi connectivity index (χ3n) is 2.53. The van der Waals surface area contributed by atoms with Crippen LogP contribution in [0, 0.1) is 0 Å². The fourth-order valence-electron chi connectivity index (χ4n) is 1.62. The van der Waals surface area contributed by atoms with Gasteiger partial charge in [0.25, 0.3) is 0 Å². The third kappa shape index (κ3) is 4.17. The summed E-state index contributed by atoms with van der Waals surface area (Å²) >= 11 is 0. The largest absolute Gasteiger partial charge is 0.495 e. The second kappa shape index (κ2) is 6.63. The van der Waals surface area contributed by atoms with Crippen LogP contribution >= 0.6 is 0 Å². The quantitative estimate of drug-likeness (QED) is 0.747. The van der Waals surface area contributed by atoms with E-state index in [4.69, 9.17) is 4.74 Å². The van der Waals surface area contributed by atoms with Gasteiger partial charge in [0, 0.05) is 19.7 Å². The Labute approximate surface area is 112 Å². The molecular formula is C13H19N3O3. The van der Waals surface area contributed by atoms with Gasteiger partial charge in [-0.3, -0.25) is 9.59 Å². The lowest BCUT2D eigenvalue weighted by atomic mass is 10.2. The maximum atomic E-state index is 11.5. The lowest BCUT2D eigenvalue weighted by molar-refractivity contribution is -0.121. The van der Waals surface area contributed by atoms with Gasteiger partial charge >= 0.3 is 0 Å². The summed E-state index contributed by atoms with van der Waals surface area (Å²) in [5.41, 5.74) is 1.28. The second-order valence-electron chi connectivity index (χ2n) is 4.08. The van der Waals surface area contributed by atoms with Crippen molar-refractivity contribution in [1.29, 1.82) is 0 Å². The predicted molar refractivity (Wildman–Crippen MR) is 74.4 cm³/mol. The molecule has 0 aliphatic carbocycles. The van der Waals surface area contributed by atoms with E-state index < -0.39 is 6.04 Å². The highest BCUT2D eigenvalue weighted by atomic mass is 16.5. The third-order valence-corrected chi connectivity index (χ3v) is 2.53. The molecule has 6 nitrogen and oxygen atoms in total. The number of nitrogens with one attached hydrogen (secondary N) is 3. The molecule has 0 aliphatic heterocycles. The molecule has 0 spiro atoms. The molecule has 0 bridgehead atoms. The Kier molecular flexibility index (Phi) is 5.17. The van der Waals surface area contributed by atoms with Gasteiger partial charge in [-0.05, 0) is 25.1 Å². The highest BCUT2D eigenvalue weighted by Gasteiger charge is 2.13. The summed E-state index contributed by atoms with van der Waals surface area (Å²) in [4.78, 5) is 22.5. The zero-order chi connectivity index (χ0) is 14.4. The molecule has 0 aliphatic rings. The van der Waals surface area contributed by atoms with Crippen LogP contribution in [-0.4, -0.2) is 32.0 Å². The number of benzene rings is 1. The molecule has 1 rings (SSSR count).